The Labute approximate surface area is 350 Å². The van der Waals surface area contributed by atoms with Crippen LogP contribution in [0.4, 0.5) is 0 Å². The molecule has 0 aliphatic heterocycles. The maximum atomic E-state index is 12.7. The quantitative estimate of drug-likeness (QED) is 0.0262. The van der Waals surface area contributed by atoms with Gasteiger partial charge in [-0.05, 0) is 70.6 Å². The molecule has 0 aromatic carbocycles. The summed E-state index contributed by atoms with van der Waals surface area (Å²) in [6.07, 6.45) is 47.0. The number of esters is 2. The molecule has 0 saturated heterocycles. The number of quaternary nitrogens is 1. The molecular formula is C49H87NO7. The minimum Gasteiger partial charge on any atom is -0.544 e. The normalized spacial score (nSPS) is 13.4. The summed E-state index contributed by atoms with van der Waals surface area (Å²) in [5.41, 5.74) is 0. The number of rotatable bonds is 41. The van der Waals surface area contributed by atoms with Crippen molar-refractivity contribution < 1.29 is 38.2 Å². The minimum absolute atomic E-state index is 0.0337. The van der Waals surface area contributed by atoms with Crippen LogP contribution in [0.25, 0.3) is 0 Å². The first-order chi connectivity index (χ1) is 27.6. The highest BCUT2D eigenvalue weighted by molar-refractivity contribution is 5.70. The molecule has 0 spiro atoms. The van der Waals surface area contributed by atoms with Gasteiger partial charge in [-0.25, -0.2) is 0 Å². The molecule has 0 amide bonds. The second kappa shape index (κ2) is 40.1. The third-order valence-electron chi connectivity index (χ3n) is 10.2. The predicted octanol–water partition coefficient (Wildman–Crippen LogP) is 11.5. The fourth-order valence-electron chi connectivity index (χ4n) is 6.61. The van der Waals surface area contributed by atoms with Gasteiger partial charge in [0.15, 0.2) is 6.10 Å². The van der Waals surface area contributed by atoms with Crippen LogP contribution in [-0.4, -0.2) is 75.5 Å². The summed E-state index contributed by atoms with van der Waals surface area (Å²) in [5.74, 6) is -1.76. The zero-order chi connectivity index (χ0) is 42.1. The molecule has 2 atom stereocenters. The molecule has 330 valence electrons. The van der Waals surface area contributed by atoms with Crippen molar-refractivity contribution in [2.24, 2.45) is 0 Å². The Morgan fingerprint density at radius 1 is 0.544 bits per heavy atom. The molecule has 0 aliphatic carbocycles. The van der Waals surface area contributed by atoms with Gasteiger partial charge in [-0.2, -0.15) is 0 Å². The first-order valence-electron chi connectivity index (χ1n) is 23.2. The van der Waals surface area contributed by atoms with Crippen molar-refractivity contribution in [3.05, 3.63) is 48.6 Å². The number of carboxylic acids is 1. The fourth-order valence-corrected chi connectivity index (χ4v) is 6.61. The van der Waals surface area contributed by atoms with Gasteiger partial charge in [-0.15, -0.1) is 0 Å². The minimum atomic E-state index is -1.13. The van der Waals surface area contributed by atoms with Crippen molar-refractivity contribution in [1.82, 2.24) is 0 Å². The second-order valence-corrected chi connectivity index (χ2v) is 16.6. The monoisotopic (exact) mass is 802 g/mol. The van der Waals surface area contributed by atoms with Crippen LogP contribution in [0.1, 0.15) is 194 Å². The zero-order valence-corrected chi connectivity index (χ0v) is 37.5. The lowest BCUT2D eigenvalue weighted by Gasteiger charge is -2.34. The van der Waals surface area contributed by atoms with Crippen molar-refractivity contribution in [3.63, 3.8) is 0 Å². The summed E-state index contributed by atoms with van der Waals surface area (Å²) in [4.78, 5) is 36.9. The molecule has 0 bridgehead atoms. The number of carboxylic acid groups (broad SMARTS) is 1. The predicted molar refractivity (Wildman–Crippen MR) is 236 cm³/mol. The Kier molecular flexibility index (Phi) is 38.2. The summed E-state index contributed by atoms with van der Waals surface area (Å²) >= 11 is 0. The van der Waals surface area contributed by atoms with E-state index in [1.54, 1.807) is 21.1 Å². The Morgan fingerprint density at radius 3 is 1.47 bits per heavy atom. The van der Waals surface area contributed by atoms with Crippen LogP contribution in [-0.2, 0) is 28.6 Å². The number of ether oxygens (including phenoxy) is 3. The van der Waals surface area contributed by atoms with Crippen molar-refractivity contribution in [3.8, 4) is 0 Å². The molecule has 2 unspecified atom stereocenters. The third kappa shape index (κ3) is 38.6. The number of unbranched alkanes of at least 4 members (excludes halogenated alkanes) is 19. The molecule has 0 aromatic heterocycles. The number of nitrogens with zero attached hydrogens (tertiary/aromatic N) is 1. The fraction of sp³-hybridized carbons (Fsp3) is 0.776. The van der Waals surface area contributed by atoms with E-state index in [0.717, 1.165) is 83.5 Å². The number of hydrogen-bond acceptors (Lipinski definition) is 7. The highest BCUT2D eigenvalue weighted by Gasteiger charge is 2.25. The molecule has 8 nitrogen and oxygen atoms in total. The largest absolute Gasteiger partial charge is 0.544 e. The van der Waals surface area contributed by atoms with Gasteiger partial charge in [0.2, 0.25) is 0 Å². The highest BCUT2D eigenvalue weighted by atomic mass is 16.6. The second-order valence-electron chi connectivity index (χ2n) is 16.6. The SMILES string of the molecule is CC/C=C\C/C=C\C/C=C\CCCCCCCCCC(=O)OC(COCCC(C(=O)[O-])[N+](C)(C)C)COC(=O)CCCCCCC/C=C\CCCCCCCCC. The van der Waals surface area contributed by atoms with Crippen LogP contribution in [0.3, 0.4) is 0 Å². The van der Waals surface area contributed by atoms with Gasteiger partial charge in [-0.1, -0.05) is 152 Å². The maximum absolute atomic E-state index is 12.7. The molecule has 0 rings (SSSR count). The van der Waals surface area contributed by atoms with Crippen molar-refractivity contribution >= 4 is 17.9 Å². The van der Waals surface area contributed by atoms with E-state index in [4.69, 9.17) is 14.2 Å². The number of aliphatic carboxylic acids is 1. The van der Waals surface area contributed by atoms with E-state index in [0.29, 0.717) is 12.8 Å². The number of hydrogen-bond donors (Lipinski definition) is 0. The number of allylic oxidation sites excluding steroid dienone is 8. The van der Waals surface area contributed by atoms with Crippen LogP contribution >= 0.6 is 0 Å². The molecule has 0 N–H and O–H groups in total. The zero-order valence-electron chi connectivity index (χ0n) is 37.5. The molecule has 8 heteroatoms. The standard InChI is InChI=1S/C49H87NO7/c1-6-8-10-12-14-16-18-20-22-24-26-28-30-32-34-36-38-40-48(52)57-45(43-55-42-41-46(49(53)54)50(3,4)5)44-56-47(51)39-37-35-33-31-29-27-25-23-21-19-17-15-13-11-9-7-2/h8,10,14,16,20,22-23,25,45-46H,6-7,9,11-13,15,17-19,21,24,26-44H2,1-5H3/b10-8-,16-14-,22-20-,25-23-. The highest BCUT2D eigenvalue weighted by Crippen LogP contribution is 2.14. The van der Waals surface area contributed by atoms with Crippen LogP contribution in [0.15, 0.2) is 48.6 Å². The topological polar surface area (TPSA) is 102 Å². The molecule has 0 radical (unpaired) electrons. The third-order valence-corrected chi connectivity index (χ3v) is 10.2. The average Bonchev–Trinajstić information content (AvgIpc) is 3.17. The molecule has 0 aromatic rings. The van der Waals surface area contributed by atoms with E-state index in [1.165, 1.54) is 77.0 Å². The van der Waals surface area contributed by atoms with Gasteiger partial charge in [0, 0.05) is 19.3 Å². The first kappa shape index (κ1) is 54.3. The smallest absolute Gasteiger partial charge is 0.306 e. The lowest BCUT2D eigenvalue weighted by atomic mass is 10.1. The summed E-state index contributed by atoms with van der Waals surface area (Å²) in [6, 6.07) is -0.729. The lowest BCUT2D eigenvalue weighted by Crippen LogP contribution is -2.55. The summed E-state index contributed by atoms with van der Waals surface area (Å²) < 4.78 is 17.2. The number of carbonyl (C=O) groups is 3. The van der Waals surface area contributed by atoms with Gasteiger partial charge in [0.25, 0.3) is 0 Å². The average molecular weight is 802 g/mol. The molecule has 57 heavy (non-hydrogen) atoms. The lowest BCUT2D eigenvalue weighted by molar-refractivity contribution is -0.889. The van der Waals surface area contributed by atoms with Crippen LogP contribution in [0.5, 0.6) is 0 Å². The van der Waals surface area contributed by atoms with Crippen molar-refractivity contribution in [2.45, 2.75) is 206 Å². The Morgan fingerprint density at radius 2 is 0.982 bits per heavy atom. The van der Waals surface area contributed by atoms with Crippen LogP contribution in [0, 0.1) is 0 Å². The maximum Gasteiger partial charge on any atom is 0.306 e. The summed E-state index contributed by atoms with van der Waals surface area (Å²) in [6.45, 7) is 4.53. The van der Waals surface area contributed by atoms with Crippen molar-refractivity contribution in [1.29, 1.82) is 0 Å². The molecule has 0 heterocycles. The van der Waals surface area contributed by atoms with E-state index in [2.05, 4.69) is 62.5 Å². The summed E-state index contributed by atoms with van der Waals surface area (Å²) in [7, 11) is 5.40. The number of likely N-dealkylation sites (N-methyl/N-ethyl adjacent to an activating group) is 1. The number of carbonyl (C=O) groups excluding carboxylic acids is 3. The first-order valence-corrected chi connectivity index (χ1v) is 23.2. The molecule has 0 fully saturated rings. The van der Waals surface area contributed by atoms with E-state index >= 15 is 0 Å². The summed E-state index contributed by atoms with van der Waals surface area (Å²) in [5, 5.41) is 11.6. The van der Waals surface area contributed by atoms with Crippen molar-refractivity contribution in [2.75, 3.05) is 41.0 Å². The van der Waals surface area contributed by atoms with Crippen LogP contribution < -0.4 is 5.11 Å². The molecule has 0 aliphatic rings. The Hall–Kier alpha value is -2.71. The van der Waals surface area contributed by atoms with Gasteiger partial charge in [0.1, 0.15) is 12.6 Å². The Balaban J connectivity index is 4.34. The van der Waals surface area contributed by atoms with Gasteiger partial charge >= 0.3 is 11.9 Å². The van der Waals surface area contributed by atoms with E-state index in [9.17, 15) is 19.5 Å². The molecular weight excluding hydrogens is 715 g/mol. The van der Waals surface area contributed by atoms with Gasteiger partial charge in [0.05, 0.1) is 40.3 Å². The Bertz CT molecular complexity index is 1070. The van der Waals surface area contributed by atoms with Crippen LogP contribution in [0.2, 0.25) is 0 Å². The van der Waals surface area contributed by atoms with E-state index in [1.807, 2.05) is 0 Å². The van der Waals surface area contributed by atoms with Gasteiger partial charge in [-0.3, -0.25) is 9.59 Å². The van der Waals surface area contributed by atoms with Gasteiger partial charge < -0.3 is 28.6 Å². The van der Waals surface area contributed by atoms with E-state index < -0.39 is 18.1 Å². The molecule has 0 saturated carbocycles. The van der Waals surface area contributed by atoms with E-state index in [-0.39, 0.29) is 42.7 Å².